The van der Waals surface area contributed by atoms with Crippen molar-refractivity contribution >= 4 is 72.6 Å². The van der Waals surface area contributed by atoms with Gasteiger partial charge < -0.3 is 0 Å². The van der Waals surface area contributed by atoms with E-state index in [0.717, 1.165) is 9.37 Å². The van der Waals surface area contributed by atoms with E-state index in [1.807, 2.05) is 0 Å². The summed E-state index contributed by atoms with van der Waals surface area (Å²) in [4.78, 5) is 0.999. The molecular formula is C8H4BrIS2. The van der Waals surface area contributed by atoms with Gasteiger partial charge in [0.1, 0.15) is 0 Å². The van der Waals surface area contributed by atoms with Crippen LogP contribution < -0.4 is 0 Å². The summed E-state index contributed by atoms with van der Waals surface area (Å²) < 4.78 is 3.68. The Morgan fingerprint density at radius 3 is 2.92 bits per heavy atom. The highest BCUT2D eigenvalue weighted by molar-refractivity contribution is 14.1. The molecule has 0 aliphatic rings. The summed E-state index contributed by atoms with van der Waals surface area (Å²) in [5.41, 5.74) is 0. The third-order valence-electron chi connectivity index (χ3n) is 1.60. The predicted molar refractivity (Wildman–Crippen MR) is 69.5 cm³/mol. The zero-order chi connectivity index (χ0) is 8.72. The molecule has 0 fully saturated rings. The fourth-order valence-electron chi connectivity index (χ4n) is 1.01. The normalized spacial score (nSPS) is 10.9. The molecule has 0 aliphatic heterocycles. The Hall–Kier alpha value is 0.740. The number of thiophene rings is 1. The van der Waals surface area contributed by atoms with Gasteiger partial charge in [-0.1, -0.05) is 0 Å². The van der Waals surface area contributed by atoms with Gasteiger partial charge in [0.15, 0.2) is 0 Å². The summed E-state index contributed by atoms with van der Waals surface area (Å²) in [5.74, 6) is 0. The van der Waals surface area contributed by atoms with Crippen LogP contribution in [-0.4, -0.2) is 0 Å². The lowest BCUT2D eigenvalue weighted by Gasteiger charge is -1.96. The molecule has 0 amide bonds. The second-order valence-corrected chi connectivity index (χ2v) is 5.79. The minimum absolute atomic E-state index is 0.999. The first-order valence-electron chi connectivity index (χ1n) is 3.23. The molecule has 0 spiro atoms. The van der Waals surface area contributed by atoms with Crippen molar-refractivity contribution < 1.29 is 0 Å². The van der Waals surface area contributed by atoms with E-state index >= 15 is 0 Å². The number of benzene rings is 1. The van der Waals surface area contributed by atoms with Gasteiger partial charge in [0.2, 0.25) is 0 Å². The van der Waals surface area contributed by atoms with Crippen LogP contribution in [0.25, 0.3) is 10.1 Å². The summed E-state index contributed by atoms with van der Waals surface area (Å²) in [6, 6.07) is 4.21. The highest BCUT2D eigenvalue weighted by atomic mass is 127. The zero-order valence-corrected chi connectivity index (χ0v) is 11.3. The van der Waals surface area contributed by atoms with Crippen molar-refractivity contribution in [1.29, 1.82) is 0 Å². The van der Waals surface area contributed by atoms with E-state index in [-0.39, 0.29) is 0 Å². The van der Waals surface area contributed by atoms with E-state index < -0.39 is 0 Å². The van der Waals surface area contributed by atoms with E-state index in [2.05, 4.69) is 68.7 Å². The average molecular weight is 371 g/mol. The van der Waals surface area contributed by atoms with E-state index in [0.29, 0.717) is 0 Å². The van der Waals surface area contributed by atoms with Crippen LogP contribution in [0.1, 0.15) is 0 Å². The second kappa shape index (κ2) is 3.48. The van der Waals surface area contributed by atoms with Crippen LogP contribution in [0.5, 0.6) is 0 Å². The third kappa shape index (κ3) is 1.54. The van der Waals surface area contributed by atoms with Crippen molar-refractivity contribution in [3.05, 3.63) is 25.6 Å². The first kappa shape index (κ1) is 9.30. The Labute approximate surface area is 102 Å². The molecule has 4 heteroatoms. The Kier molecular flexibility index (Phi) is 2.69. The van der Waals surface area contributed by atoms with Crippen molar-refractivity contribution in [3.8, 4) is 0 Å². The van der Waals surface area contributed by atoms with Gasteiger partial charge in [-0.05, 0) is 50.7 Å². The Balaban J connectivity index is 2.87. The Morgan fingerprint density at radius 1 is 1.42 bits per heavy atom. The number of rotatable bonds is 0. The summed E-state index contributed by atoms with van der Waals surface area (Å²) in [6.45, 7) is 0. The van der Waals surface area contributed by atoms with Gasteiger partial charge in [0.05, 0.1) is 0 Å². The maximum atomic E-state index is 4.35. The molecule has 1 aromatic carbocycles. The quantitative estimate of drug-likeness (QED) is 0.510. The number of halogens is 2. The third-order valence-corrected chi connectivity index (χ3v) is 5.19. The molecule has 1 heterocycles. The Bertz CT molecular complexity index is 436. The lowest BCUT2D eigenvalue weighted by atomic mass is 10.3. The molecule has 0 unspecified atom stereocenters. The van der Waals surface area contributed by atoms with Gasteiger partial charge in [-0.3, -0.25) is 0 Å². The van der Waals surface area contributed by atoms with Gasteiger partial charge in [0.25, 0.3) is 0 Å². The maximum Gasteiger partial charge on any atom is 0.0365 e. The van der Waals surface area contributed by atoms with E-state index in [9.17, 15) is 0 Å². The standard InChI is InChI=1S/C8H4BrIS2/c9-5-2-8-4(1-7(5)11)6(10)3-12-8/h1-3,11H. The molecule has 1 aromatic heterocycles. The molecule has 2 rings (SSSR count). The second-order valence-electron chi connectivity index (χ2n) is 2.38. The molecule has 0 aliphatic carbocycles. The van der Waals surface area contributed by atoms with Crippen LogP contribution in [0.3, 0.4) is 0 Å². The minimum atomic E-state index is 0.999. The number of thiol groups is 1. The van der Waals surface area contributed by atoms with Crippen LogP contribution in [0, 0.1) is 3.57 Å². The Morgan fingerprint density at radius 2 is 2.17 bits per heavy atom. The van der Waals surface area contributed by atoms with Gasteiger partial charge in [-0.2, -0.15) is 0 Å². The molecule has 0 radical (unpaired) electrons. The zero-order valence-electron chi connectivity index (χ0n) is 5.84. The molecule has 12 heavy (non-hydrogen) atoms. The van der Waals surface area contributed by atoms with Gasteiger partial charge in [0, 0.05) is 28.4 Å². The van der Waals surface area contributed by atoms with Crippen LogP contribution >= 0.6 is 62.5 Å². The van der Waals surface area contributed by atoms with Gasteiger partial charge in [-0.25, -0.2) is 0 Å². The smallest absolute Gasteiger partial charge is 0.0365 e. The van der Waals surface area contributed by atoms with E-state index in [1.165, 1.54) is 13.7 Å². The fraction of sp³-hybridized carbons (Fsp3) is 0. The summed E-state index contributed by atoms with van der Waals surface area (Å²) in [5, 5.41) is 3.46. The van der Waals surface area contributed by atoms with Crippen molar-refractivity contribution in [2.75, 3.05) is 0 Å². The number of hydrogen-bond donors (Lipinski definition) is 1. The monoisotopic (exact) mass is 370 g/mol. The van der Waals surface area contributed by atoms with E-state index in [4.69, 9.17) is 0 Å². The highest BCUT2D eigenvalue weighted by Gasteiger charge is 2.03. The lowest BCUT2D eigenvalue weighted by molar-refractivity contribution is 1.47. The largest absolute Gasteiger partial charge is 0.143 e. The SMILES string of the molecule is Sc1cc2c(I)csc2cc1Br. The first-order chi connectivity index (χ1) is 5.68. The molecular weight excluding hydrogens is 367 g/mol. The van der Waals surface area contributed by atoms with Gasteiger partial charge in [-0.15, -0.1) is 24.0 Å². The summed E-state index contributed by atoms with van der Waals surface area (Å²) >= 11 is 11.9. The van der Waals surface area contributed by atoms with Crippen LogP contribution in [-0.2, 0) is 0 Å². The molecule has 0 atom stereocenters. The molecule has 0 bridgehead atoms. The number of hydrogen-bond acceptors (Lipinski definition) is 2. The maximum absolute atomic E-state index is 4.35. The predicted octanol–water partition coefficient (Wildman–Crippen LogP) is 4.56. The number of fused-ring (bicyclic) bond motifs is 1. The van der Waals surface area contributed by atoms with Crippen molar-refractivity contribution in [2.24, 2.45) is 0 Å². The molecule has 0 nitrogen and oxygen atoms in total. The molecule has 0 saturated heterocycles. The molecule has 0 saturated carbocycles. The minimum Gasteiger partial charge on any atom is -0.143 e. The van der Waals surface area contributed by atoms with Crippen LogP contribution in [0.4, 0.5) is 0 Å². The van der Waals surface area contributed by atoms with Crippen LogP contribution in [0.15, 0.2) is 26.9 Å². The summed E-state index contributed by atoms with van der Waals surface area (Å²) in [7, 11) is 0. The average Bonchev–Trinajstić information content (AvgIpc) is 2.35. The van der Waals surface area contributed by atoms with Crippen molar-refractivity contribution in [1.82, 2.24) is 0 Å². The molecule has 0 N–H and O–H groups in total. The first-order valence-corrected chi connectivity index (χ1v) is 6.43. The molecule has 2 aromatic rings. The van der Waals surface area contributed by atoms with Gasteiger partial charge >= 0.3 is 0 Å². The lowest BCUT2D eigenvalue weighted by Crippen LogP contribution is -1.71. The molecule has 62 valence electrons. The highest BCUT2D eigenvalue weighted by Crippen LogP contribution is 2.33. The summed E-state index contributed by atoms with van der Waals surface area (Å²) in [6.07, 6.45) is 0. The topological polar surface area (TPSA) is 0 Å². The fourth-order valence-corrected chi connectivity index (χ4v) is 3.54. The van der Waals surface area contributed by atoms with Crippen molar-refractivity contribution in [3.63, 3.8) is 0 Å². The van der Waals surface area contributed by atoms with Crippen molar-refractivity contribution in [2.45, 2.75) is 4.90 Å². The van der Waals surface area contributed by atoms with Crippen LogP contribution in [0.2, 0.25) is 0 Å². The van der Waals surface area contributed by atoms with E-state index in [1.54, 1.807) is 11.3 Å².